The fraction of sp³-hybridized carbons (Fsp3) is 0.500. The Labute approximate surface area is 96.3 Å². The highest BCUT2D eigenvalue weighted by atomic mass is 35.5. The van der Waals surface area contributed by atoms with E-state index in [9.17, 15) is 4.39 Å². The molecule has 1 aromatic rings. The molecule has 0 bridgehead atoms. The monoisotopic (exact) mass is 229 g/mol. The summed E-state index contributed by atoms with van der Waals surface area (Å²) in [6, 6.07) is 5.26. The zero-order chi connectivity index (χ0) is 10.1. The van der Waals surface area contributed by atoms with Crippen LogP contribution in [-0.4, -0.2) is 0 Å². The number of hydrogen-bond acceptors (Lipinski definition) is 1. The number of rotatable bonds is 3. The Morgan fingerprint density at radius 3 is 2.67 bits per heavy atom. The van der Waals surface area contributed by atoms with Gasteiger partial charge in [0, 0.05) is 6.04 Å². The molecule has 2 rings (SSSR count). The van der Waals surface area contributed by atoms with Crippen LogP contribution in [0, 0.1) is 18.7 Å². The molecule has 0 amide bonds. The van der Waals surface area contributed by atoms with Crippen LogP contribution >= 0.6 is 12.4 Å². The first kappa shape index (κ1) is 12.5. The summed E-state index contributed by atoms with van der Waals surface area (Å²) in [6.07, 6.45) is 3.67. The van der Waals surface area contributed by atoms with Gasteiger partial charge in [-0.15, -0.1) is 12.4 Å². The predicted octanol–water partition coefficient (Wildman–Crippen LogP) is 3.36. The normalized spacial score (nSPS) is 17.0. The highest BCUT2D eigenvalue weighted by Gasteiger charge is 2.24. The van der Waals surface area contributed by atoms with Crippen LogP contribution in [0.1, 0.15) is 36.4 Å². The summed E-state index contributed by atoms with van der Waals surface area (Å²) >= 11 is 0. The fourth-order valence-corrected chi connectivity index (χ4v) is 1.75. The van der Waals surface area contributed by atoms with Crippen molar-refractivity contribution in [2.75, 3.05) is 0 Å². The Balaban J connectivity index is 0.00000112. The van der Waals surface area contributed by atoms with Gasteiger partial charge in [0.2, 0.25) is 0 Å². The molecular weight excluding hydrogens is 213 g/mol. The van der Waals surface area contributed by atoms with Gasteiger partial charge in [-0.2, -0.15) is 0 Å². The van der Waals surface area contributed by atoms with Gasteiger partial charge in [-0.25, -0.2) is 4.39 Å². The Hall–Kier alpha value is -0.600. The predicted molar refractivity (Wildman–Crippen MR) is 62.7 cm³/mol. The van der Waals surface area contributed by atoms with Crippen LogP contribution in [0.4, 0.5) is 4.39 Å². The van der Waals surface area contributed by atoms with Crippen LogP contribution in [0.25, 0.3) is 0 Å². The van der Waals surface area contributed by atoms with Gasteiger partial charge < -0.3 is 5.73 Å². The maximum absolute atomic E-state index is 13.0. The van der Waals surface area contributed by atoms with Crippen LogP contribution in [0.2, 0.25) is 0 Å². The van der Waals surface area contributed by atoms with E-state index in [0.29, 0.717) is 5.56 Å². The van der Waals surface area contributed by atoms with E-state index >= 15 is 0 Å². The second kappa shape index (κ2) is 4.95. The lowest BCUT2D eigenvalue weighted by Crippen LogP contribution is -2.11. The molecule has 84 valence electrons. The molecule has 0 aromatic heterocycles. The molecule has 0 radical (unpaired) electrons. The number of aryl methyl sites for hydroxylation is 1. The minimum Gasteiger partial charge on any atom is -0.324 e. The minimum atomic E-state index is -0.146. The third kappa shape index (κ3) is 3.18. The molecule has 15 heavy (non-hydrogen) atoms. The van der Waals surface area contributed by atoms with E-state index in [-0.39, 0.29) is 24.3 Å². The molecule has 0 aliphatic heterocycles. The average Bonchev–Trinajstić information content (AvgIpc) is 2.93. The molecule has 1 aliphatic carbocycles. The molecule has 1 saturated carbocycles. The molecule has 3 heteroatoms. The number of benzene rings is 1. The molecule has 1 atom stereocenters. The van der Waals surface area contributed by atoms with Crippen molar-refractivity contribution in [3.05, 3.63) is 35.1 Å². The van der Waals surface area contributed by atoms with E-state index in [1.165, 1.54) is 18.9 Å². The molecule has 0 heterocycles. The van der Waals surface area contributed by atoms with Gasteiger partial charge in [-0.3, -0.25) is 0 Å². The van der Waals surface area contributed by atoms with Gasteiger partial charge in [0.15, 0.2) is 0 Å². The van der Waals surface area contributed by atoms with E-state index in [1.807, 2.05) is 6.07 Å². The number of nitrogens with two attached hydrogens (primary N) is 1. The second-order valence-corrected chi connectivity index (χ2v) is 4.29. The number of hydrogen-bond donors (Lipinski definition) is 1. The van der Waals surface area contributed by atoms with Crippen molar-refractivity contribution >= 4 is 12.4 Å². The molecule has 0 unspecified atom stereocenters. The van der Waals surface area contributed by atoms with E-state index < -0.39 is 0 Å². The third-order valence-corrected chi connectivity index (χ3v) is 2.89. The smallest absolute Gasteiger partial charge is 0.126 e. The fourth-order valence-electron chi connectivity index (χ4n) is 1.75. The molecule has 0 saturated heterocycles. The SMILES string of the molecule is Cc1cc([C@@H](N)CC2CC2)ccc1F.Cl. The summed E-state index contributed by atoms with van der Waals surface area (Å²) in [4.78, 5) is 0. The Morgan fingerprint density at radius 2 is 2.13 bits per heavy atom. The molecule has 2 N–H and O–H groups in total. The van der Waals surface area contributed by atoms with Gasteiger partial charge in [-0.1, -0.05) is 25.0 Å². The minimum absolute atomic E-state index is 0. The Bertz CT molecular complexity index is 336. The maximum atomic E-state index is 13.0. The molecule has 1 aliphatic rings. The highest BCUT2D eigenvalue weighted by Crippen LogP contribution is 2.36. The third-order valence-electron chi connectivity index (χ3n) is 2.89. The molecule has 1 aromatic carbocycles. The summed E-state index contributed by atoms with van der Waals surface area (Å²) in [6.45, 7) is 1.78. The Kier molecular flexibility index (Phi) is 4.12. The van der Waals surface area contributed by atoms with E-state index in [4.69, 9.17) is 5.73 Å². The summed E-state index contributed by atoms with van der Waals surface area (Å²) < 4.78 is 13.0. The standard InChI is InChI=1S/C12H16FN.ClH/c1-8-6-10(4-5-11(8)13)12(14)7-9-2-3-9;/h4-6,9,12H,2-3,7,14H2,1H3;1H/t12-;/m0./s1. The lowest BCUT2D eigenvalue weighted by atomic mass is 10.0. The summed E-state index contributed by atoms with van der Waals surface area (Å²) in [5.41, 5.74) is 7.79. The highest BCUT2D eigenvalue weighted by molar-refractivity contribution is 5.85. The van der Waals surface area contributed by atoms with Crippen molar-refractivity contribution in [1.29, 1.82) is 0 Å². The van der Waals surface area contributed by atoms with Gasteiger partial charge >= 0.3 is 0 Å². The van der Waals surface area contributed by atoms with Crippen LogP contribution in [0.15, 0.2) is 18.2 Å². The van der Waals surface area contributed by atoms with Gasteiger partial charge in [0.1, 0.15) is 5.82 Å². The first-order valence-electron chi connectivity index (χ1n) is 5.18. The van der Waals surface area contributed by atoms with Crippen LogP contribution in [-0.2, 0) is 0 Å². The van der Waals surface area contributed by atoms with Crippen LogP contribution < -0.4 is 5.73 Å². The van der Waals surface area contributed by atoms with Crippen molar-refractivity contribution < 1.29 is 4.39 Å². The zero-order valence-corrected chi connectivity index (χ0v) is 9.69. The van der Waals surface area contributed by atoms with E-state index in [0.717, 1.165) is 17.9 Å². The van der Waals surface area contributed by atoms with Crippen molar-refractivity contribution in [3.63, 3.8) is 0 Å². The largest absolute Gasteiger partial charge is 0.324 e. The summed E-state index contributed by atoms with van der Waals surface area (Å²) in [5, 5.41) is 0. The second-order valence-electron chi connectivity index (χ2n) is 4.29. The Morgan fingerprint density at radius 1 is 1.47 bits per heavy atom. The van der Waals surface area contributed by atoms with Gasteiger partial charge in [0.25, 0.3) is 0 Å². The molecule has 0 spiro atoms. The molecule has 1 nitrogen and oxygen atoms in total. The zero-order valence-electron chi connectivity index (χ0n) is 8.87. The quantitative estimate of drug-likeness (QED) is 0.845. The molecule has 1 fully saturated rings. The maximum Gasteiger partial charge on any atom is 0.126 e. The number of halogens is 2. The average molecular weight is 230 g/mol. The van der Waals surface area contributed by atoms with Gasteiger partial charge in [0.05, 0.1) is 0 Å². The summed E-state index contributed by atoms with van der Waals surface area (Å²) in [7, 11) is 0. The van der Waals surface area contributed by atoms with E-state index in [1.54, 1.807) is 13.0 Å². The first-order valence-corrected chi connectivity index (χ1v) is 5.18. The van der Waals surface area contributed by atoms with Crippen molar-refractivity contribution in [1.82, 2.24) is 0 Å². The summed E-state index contributed by atoms with van der Waals surface area (Å²) in [5.74, 6) is 0.669. The van der Waals surface area contributed by atoms with Crippen LogP contribution in [0.3, 0.4) is 0 Å². The van der Waals surface area contributed by atoms with Crippen LogP contribution in [0.5, 0.6) is 0 Å². The lowest BCUT2D eigenvalue weighted by molar-refractivity contribution is 0.588. The molecular formula is C12H17ClFN. The lowest BCUT2D eigenvalue weighted by Gasteiger charge is -2.12. The van der Waals surface area contributed by atoms with Crippen molar-refractivity contribution in [3.8, 4) is 0 Å². The topological polar surface area (TPSA) is 26.0 Å². The van der Waals surface area contributed by atoms with Crippen molar-refractivity contribution in [2.45, 2.75) is 32.2 Å². The first-order chi connectivity index (χ1) is 6.66. The van der Waals surface area contributed by atoms with Crippen molar-refractivity contribution in [2.24, 2.45) is 11.7 Å². The van der Waals surface area contributed by atoms with Gasteiger partial charge in [-0.05, 0) is 36.5 Å². The van der Waals surface area contributed by atoms with E-state index in [2.05, 4.69) is 0 Å².